The van der Waals surface area contributed by atoms with Gasteiger partial charge in [0.05, 0.1) is 7.11 Å². The molecule has 2 rings (SSSR count). The zero-order chi connectivity index (χ0) is 13.8. The summed E-state index contributed by atoms with van der Waals surface area (Å²) >= 11 is 0. The molecule has 3 N–H and O–H groups in total. The fraction of sp³-hybridized carbons (Fsp3) is 0.143. The first-order valence-corrected chi connectivity index (χ1v) is 5.80. The molecule has 0 aliphatic rings. The number of hydrogen-bond acceptors (Lipinski definition) is 4. The summed E-state index contributed by atoms with van der Waals surface area (Å²) in [6.07, 6.45) is 1.59. The van der Waals surface area contributed by atoms with Crippen LogP contribution in [0.2, 0.25) is 0 Å². The zero-order valence-electron chi connectivity index (χ0n) is 10.9. The minimum atomic E-state index is 0.0167. The molecule has 19 heavy (non-hydrogen) atoms. The molecule has 0 spiro atoms. The molecule has 5 heteroatoms. The van der Waals surface area contributed by atoms with E-state index in [0.29, 0.717) is 5.56 Å². The molecule has 0 atom stereocenters. The van der Waals surface area contributed by atoms with Crippen molar-refractivity contribution in [2.45, 2.75) is 0 Å². The third kappa shape index (κ3) is 2.82. The standard InChI is InChI=1S/C14H16N4O/c1-18(11-4-3-5-12(8-11)19-2)13-7-6-10(9-17-13)14(15)16/h3-9H,1-2H3,(H3,15,16). The van der Waals surface area contributed by atoms with Gasteiger partial charge in [0, 0.05) is 30.6 Å². The van der Waals surface area contributed by atoms with E-state index in [-0.39, 0.29) is 5.84 Å². The van der Waals surface area contributed by atoms with Gasteiger partial charge in [-0.15, -0.1) is 0 Å². The second-order valence-corrected chi connectivity index (χ2v) is 4.08. The molecule has 0 amide bonds. The molecule has 1 aromatic carbocycles. The van der Waals surface area contributed by atoms with Gasteiger partial charge in [-0.05, 0) is 24.3 Å². The molecule has 98 valence electrons. The Balaban J connectivity index is 2.27. The van der Waals surface area contributed by atoms with Gasteiger partial charge >= 0.3 is 0 Å². The lowest BCUT2D eigenvalue weighted by molar-refractivity contribution is 0.415. The van der Waals surface area contributed by atoms with E-state index >= 15 is 0 Å². The van der Waals surface area contributed by atoms with Crippen molar-refractivity contribution >= 4 is 17.3 Å². The van der Waals surface area contributed by atoms with Crippen molar-refractivity contribution in [3.8, 4) is 5.75 Å². The molecule has 0 aliphatic carbocycles. The Morgan fingerprint density at radius 3 is 2.68 bits per heavy atom. The Hall–Kier alpha value is -2.56. The molecular weight excluding hydrogens is 240 g/mol. The average molecular weight is 256 g/mol. The summed E-state index contributed by atoms with van der Waals surface area (Å²) in [5.74, 6) is 1.59. The van der Waals surface area contributed by atoms with Gasteiger partial charge in [0.1, 0.15) is 17.4 Å². The Kier molecular flexibility index (Phi) is 3.66. The molecule has 5 nitrogen and oxygen atoms in total. The number of nitrogens with one attached hydrogen (secondary N) is 1. The number of anilines is 2. The van der Waals surface area contributed by atoms with Crippen LogP contribution in [0.1, 0.15) is 5.56 Å². The summed E-state index contributed by atoms with van der Waals surface area (Å²) in [7, 11) is 3.56. The van der Waals surface area contributed by atoms with Crippen LogP contribution in [0.25, 0.3) is 0 Å². The number of aromatic nitrogens is 1. The van der Waals surface area contributed by atoms with Gasteiger partial charge in [-0.2, -0.15) is 0 Å². The summed E-state index contributed by atoms with van der Waals surface area (Å²) in [6.45, 7) is 0. The molecule has 0 bridgehead atoms. The molecule has 0 radical (unpaired) electrons. The topological polar surface area (TPSA) is 75.2 Å². The molecule has 0 saturated heterocycles. The van der Waals surface area contributed by atoms with Gasteiger partial charge in [-0.25, -0.2) is 4.98 Å². The van der Waals surface area contributed by atoms with Crippen LogP contribution in [0, 0.1) is 5.41 Å². The maximum atomic E-state index is 7.34. The Bertz CT molecular complexity index is 580. The minimum absolute atomic E-state index is 0.0167. The highest BCUT2D eigenvalue weighted by atomic mass is 16.5. The fourth-order valence-electron chi connectivity index (χ4n) is 1.70. The van der Waals surface area contributed by atoms with Crippen LogP contribution in [0.15, 0.2) is 42.6 Å². The Labute approximate surface area is 112 Å². The second kappa shape index (κ2) is 5.39. The van der Waals surface area contributed by atoms with E-state index in [4.69, 9.17) is 15.9 Å². The smallest absolute Gasteiger partial charge is 0.132 e. The van der Waals surface area contributed by atoms with Crippen molar-refractivity contribution in [2.24, 2.45) is 5.73 Å². The van der Waals surface area contributed by atoms with E-state index in [2.05, 4.69) is 4.98 Å². The highest BCUT2D eigenvalue weighted by Gasteiger charge is 2.07. The van der Waals surface area contributed by atoms with Crippen LogP contribution in [-0.2, 0) is 0 Å². The van der Waals surface area contributed by atoms with E-state index < -0.39 is 0 Å². The number of nitrogen functional groups attached to an aromatic ring is 1. The Morgan fingerprint density at radius 2 is 2.11 bits per heavy atom. The molecule has 0 fully saturated rings. The zero-order valence-corrected chi connectivity index (χ0v) is 10.9. The van der Waals surface area contributed by atoms with Gasteiger partial charge in [-0.3, -0.25) is 5.41 Å². The lowest BCUT2D eigenvalue weighted by Crippen LogP contribution is -2.14. The number of benzene rings is 1. The first-order chi connectivity index (χ1) is 9.11. The first-order valence-electron chi connectivity index (χ1n) is 5.80. The van der Waals surface area contributed by atoms with Gasteiger partial charge in [-0.1, -0.05) is 6.07 Å². The van der Waals surface area contributed by atoms with Crippen LogP contribution >= 0.6 is 0 Å². The van der Waals surface area contributed by atoms with Gasteiger partial charge in [0.2, 0.25) is 0 Å². The van der Waals surface area contributed by atoms with Crippen molar-refractivity contribution in [2.75, 3.05) is 19.1 Å². The van der Waals surface area contributed by atoms with Crippen molar-refractivity contribution in [1.29, 1.82) is 5.41 Å². The van der Waals surface area contributed by atoms with Crippen molar-refractivity contribution in [1.82, 2.24) is 4.98 Å². The van der Waals surface area contributed by atoms with Crippen LogP contribution in [0.4, 0.5) is 11.5 Å². The molecule has 2 aromatic rings. The van der Waals surface area contributed by atoms with E-state index in [0.717, 1.165) is 17.3 Å². The normalized spacial score (nSPS) is 10.0. The third-order valence-electron chi connectivity index (χ3n) is 2.84. The minimum Gasteiger partial charge on any atom is -0.497 e. The monoisotopic (exact) mass is 256 g/mol. The summed E-state index contributed by atoms with van der Waals surface area (Å²) in [4.78, 5) is 6.23. The molecule has 0 unspecified atom stereocenters. The maximum Gasteiger partial charge on any atom is 0.132 e. The molecule has 1 heterocycles. The second-order valence-electron chi connectivity index (χ2n) is 4.08. The van der Waals surface area contributed by atoms with E-state index in [9.17, 15) is 0 Å². The van der Waals surface area contributed by atoms with E-state index in [1.165, 1.54) is 0 Å². The highest BCUT2D eigenvalue weighted by Crippen LogP contribution is 2.25. The first kappa shape index (κ1) is 12.9. The van der Waals surface area contributed by atoms with Crippen molar-refractivity contribution in [3.63, 3.8) is 0 Å². The van der Waals surface area contributed by atoms with Crippen LogP contribution in [-0.4, -0.2) is 25.0 Å². The van der Waals surface area contributed by atoms with Crippen LogP contribution in [0.3, 0.4) is 0 Å². The summed E-state index contributed by atoms with van der Waals surface area (Å²) in [5.41, 5.74) is 6.99. The molecule has 0 saturated carbocycles. The SMILES string of the molecule is COc1cccc(N(C)c2ccc(C(=N)N)cn2)c1. The highest BCUT2D eigenvalue weighted by molar-refractivity contribution is 5.94. The number of methoxy groups -OCH3 is 1. The largest absolute Gasteiger partial charge is 0.497 e. The third-order valence-corrected chi connectivity index (χ3v) is 2.84. The van der Waals surface area contributed by atoms with Crippen molar-refractivity contribution in [3.05, 3.63) is 48.2 Å². The fourth-order valence-corrected chi connectivity index (χ4v) is 1.70. The number of hydrogen-bond donors (Lipinski definition) is 2. The van der Waals surface area contributed by atoms with E-state index in [1.807, 2.05) is 42.3 Å². The van der Waals surface area contributed by atoms with E-state index in [1.54, 1.807) is 19.4 Å². The average Bonchev–Trinajstić information content (AvgIpc) is 2.46. The summed E-state index contributed by atoms with van der Waals surface area (Å²) < 4.78 is 5.20. The maximum absolute atomic E-state index is 7.34. The predicted molar refractivity (Wildman–Crippen MR) is 76.3 cm³/mol. The number of amidine groups is 1. The molecular formula is C14H16N4O. The lowest BCUT2D eigenvalue weighted by atomic mass is 10.2. The molecule has 1 aromatic heterocycles. The number of nitrogens with two attached hydrogens (primary N) is 1. The number of rotatable bonds is 4. The number of ether oxygens (including phenoxy) is 1. The summed E-state index contributed by atoms with van der Waals surface area (Å²) in [5, 5.41) is 7.34. The Morgan fingerprint density at radius 1 is 1.32 bits per heavy atom. The van der Waals surface area contributed by atoms with Gasteiger partial charge < -0.3 is 15.4 Å². The lowest BCUT2D eigenvalue weighted by Gasteiger charge is -2.19. The van der Waals surface area contributed by atoms with Crippen LogP contribution in [0.5, 0.6) is 5.75 Å². The summed E-state index contributed by atoms with van der Waals surface area (Å²) in [6, 6.07) is 11.3. The van der Waals surface area contributed by atoms with Gasteiger partial charge in [0.25, 0.3) is 0 Å². The number of nitrogens with zero attached hydrogens (tertiary/aromatic N) is 2. The quantitative estimate of drug-likeness (QED) is 0.649. The predicted octanol–water partition coefficient (Wildman–Crippen LogP) is 2.14. The van der Waals surface area contributed by atoms with Gasteiger partial charge in [0.15, 0.2) is 0 Å². The number of pyridine rings is 1. The van der Waals surface area contributed by atoms with Crippen molar-refractivity contribution < 1.29 is 4.74 Å². The van der Waals surface area contributed by atoms with Crippen LogP contribution < -0.4 is 15.4 Å². The molecule has 0 aliphatic heterocycles.